The average Bonchev–Trinajstić information content (AvgIpc) is 2.29. The number of pyridine rings is 1. The fraction of sp³-hybridized carbons (Fsp3) is 0.400. The summed E-state index contributed by atoms with van der Waals surface area (Å²) in [4.78, 5) is 16.9. The van der Waals surface area contributed by atoms with E-state index in [9.17, 15) is 4.79 Å². The third-order valence-electron chi connectivity index (χ3n) is 2.36. The van der Waals surface area contributed by atoms with Crippen LogP contribution in [0, 0.1) is 0 Å². The van der Waals surface area contributed by atoms with Crippen LogP contribution in [0.3, 0.4) is 0 Å². The Balaban J connectivity index is 2.28. The van der Waals surface area contributed by atoms with Gasteiger partial charge < -0.3 is 14.7 Å². The molecule has 0 atom stereocenters. The first kappa shape index (κ1) is 11.2. The number of aromatic nitrogens is 1. The minimum absolute atomic E-state index is 0.154. The van der Waals surface area contributed by atoms with Crippen LogP contribution in [0.2, 0.25) is 5.15 Å². The van der Waals surface area contributed by atoms with Crippen molar-refractivity contribution in [3.8, 4) is 0 Å². The van der Waals surface area contributed by atoms with E-state index in [0.717, 1.165) is 0 Å². The van der Waals surface area contributed by atoms with Crippen LogP contribution in [-0.2, 0) is 4.74 Å². The summed E-state index contributed by atoms with van der Waals surface area (Å²) in [5.41, 5.74) is 0.154. The van der Waals surface area contributed by atoms with E-state index in [4.69, 9.17) is 21.4 Å². The lowest BCUT2D eigenvalue weighted by atomic mass is 10.2. The Morgan fingerprint density at radius 3 is 2.75 bits per heavy atom. The number of rotatable bonds is 2. The van der Waals surface area contributed by atoms with Crippen LogP contribution < -0.4 is 4.90 Å². The van der Waals surface area contributed by atoms with Gasteiger partial charge in [0.1, 0.15) is 11.0 Å². The Bertz CT molecular complexity index is 405. The SMILES string of the molecule is O=C(O)c1cc(Cl)nc(N2CCOCC2)c1. The van der Waals surface area contributed by atoms with E-state index in [0.29, 0.717) is 32.1 Å². The van der Waals surface area contributed by atoms with Gasteiger partial charge >= 0.3 is 5.97 Å². The van der Waals surface area contributed by atoms with Crippen molar-refractivity contribution in [2.24, 2.45) is 0 Å². The third-order valence-corrected chi connectivity index (χ3v) is 2.56. The van der Waals surface area contributed by atoms with Gasteiger partial charge in [-0.2, -0.15) is 0 Å². The van der Waals surface area contributed by atoms with Crippen molar-refractivity contribution in [3.63, 3.8) is 0 Å². The van der Waals surface area contributed by atoms with Crippen LogP contribution in [0.4, 0.5) is 5.82 Å². The summed E-state index contributed by atoms with van der Waals surface area (Å²) in [5, 5.41) is 9.10. The summed E-state index contributed by atoms with van der Waals surface area (Å²) in [7, 11) is 0. The van der Waals surface area contributed by atoms with E-state index >= 15 is 0 Å². The molecule has 0 amide bonds. The highest BCUT2D eigenvalue weighted by molar-refractivity contribution is 6.29. The highest BCUT2D eigenvalue weighted by atomic mass is 35.5. The van der Waals surface area contributed by atoms with E-state index in [1.54, 1.807) is 0 Å². The predicted octanol–water partition coefficient (Wildman–Crippen LogP) is 1.27. The number of morpholine rings is 1. The van der Waals surface area contributed by atoms with Gasteiger partial charge in [0.15, 0.2) is 0 Å². The first-order valence-electron chi connectivity index (χ1n) is 4.90. The average molecular weight is 243 g/mol. The van der Waals surface area contributed by atoms with Crippen LogP contribution in [0.5, 0.6) is 0 Å². The summed E-state index contributed by atoms with van der Waals surface area (Å²) in [5.74, 6) is -0.410. The molecule has 6 heteroatoms. The molecule has 16 heavy (non-hydrogen) atoms. The molecule has 0 aromatic carbocycles. The molecule has 5 nitrogen and oxygen atoms in total. The molecule has 2 rings (SSSR count). The fourth-order valence-electron chi connectivity index (χ4n) is 1.56. The summed E-state index contributed by atoms with van der Waals surface area (Å²) in [6.45, 7) is 2.64. The summed E-state index contributed by atoms with van der Waals surface area (Å²) in [6.07, 6.45) is 0. The number of anilines is 1. The maximum atomic E-state index is 10.9. The molecule has 1 N–H and O–H groups in total. The zero-order valence-corrected chi connectivity index (χ0v) is 9.28. The molecule has 86 valence electrons. The molecule has 0 radical (unpaired) electrons. The van der Waals surface area contributed by atoms with Crippen LogP contribution >= 0.6 is 11.6 Å². The minimum Gasteiger partial charge on any atom is -0.478 e. The van der Waals surface area contributed by atoms with Crippen molar-refractivity contribution in [1.82, 2.24) is 4.98 Å². The van der Waals surface area contributed by atoms with Gasteiger partial charge in [0.2, 0.25) is 0 Å². The van der Waals surface area contributed by atoms with E-state index in [-0.39, 0.29) is 10.7 Å². The Kier molecular flexibility index (Phi) is 3.26. The normalized spacial score (nSPS) is 16.2. The number of hydrogen-bond acceptors (Lipinski definition) is 4. The number of carbonyl (C=O) groups is 1. The van der Waals surface area contributed by atoms with Gasteiger partial charge in [0, 0.05) is 13.1 Å². The maximum Gasteiger partial charge on any atom is 0.335 e. The first-order chi connectivity index (χ1) is 7.66. The lowest BCUT2D eigenvalue weighted by molar-refractivity contribution is 0.0696. The highest BCUT2D eigenvalue weighted by Gasteiger charge is 2.15. The number of nitrogens with zero attached hydrogens (tertiary/aromatic N) is 2. The van der Waals surface area contributed by atoms with E-state index in [2.05, 4.69) is 4.98 Å². The quantitative estimate of drug-likeness (QED) is 0.792. The molecule has 1 saturated heterocycles. The highest BCUT2D eigenvalue weighted by Crippen LogP contribution is 2.19. The second-order valence-electron chi connectivity index (χ2n) is 3.44. The molecule has 0 saturated carbocycles. The van der Waals surface area contributed by atoms with Crippen molar-refractivity contribution in [3.05, 3.63) is 22.8 Å². The second kappa shape index (κ2) is 4.67. The lowest BCUT2D eigenvalue weighted by Crippen LogP contribution is -2.36. The molecule has 0 bridgehead atoms. The van der Waals surface area contributed by atoms with E-state index in [1.807, 2.05) is 4.90 Å². The topological polar surface area (TPSA) is 62.7 Å². The molecule has 1 aliphatic heterocycles. The van der Waals surface area contributed by atoms with Gasteiger partial charge in [-0.05, 0) is 12.1 Å². The van der Waals surface area contributed by atoms with Crippen LogP contribution in [0.15, 0.2) is 12.1 Å². The molecule has 1 aliphatic rings. The number of halogens is 1. The van der Waals surface area contributed by atoms with E-state index < -0.39 is 5.97 Å². The van der Waals surface area contributed by atoms with Gasteiger partial charge in [-0.15, -0.1) is 0 Å². The Morgan fingerprint density at radius 2 is 2.12 bits per heavy atom. The molecular formula is C10H11ClN2O3. The van der Waals surface area contributed by atoms with E-state index in [1.165, 1.54) is 12.1 Å². The summed E-state index contributed by atoms with van der Waals surface area (Å²) in [6, 6.07) is 2.87. The number of aromatic carboxylic acids is 1. The van der Waals surface area contributed by atoms with Gasteiger partial charge in [-0.3, -0.25) is 0 Å². The summed E-state index contributed by atoms with van der Waals surface area (Å²) >= 11 is 5.78. The standard InChI is InChI=1S/C10H11ClN2O3/c11-8-5-7(10(14)15)6-9(12-8)13-1-3-16-4-2-13/h5-6H,1-4H2,(H,14,15). The van der Waals surface area contributed by atoms with Gasteiger partial charge in [0.25, 0.3) is 0 Å². The van der Waals surface area contributed by atoms with Gasteiger partial charge in [-0.1, -0.05) is 11.6 Å². The Morgan fingerprint density at radius 1 is 1.44 bits per heavy atom. The Hall–Kier alpha value is -1.33. The molecule has 0 aliphatic carbocycles. The number of hydrogen-bond donors (Lipinski definition) is 1. The molecular weight excluding hydrogens is 232 g/mol. The molecule has 1 aromatic heterocycles. The van der Waals surface area contributed by atoms with Crippen molar-refractivity contribution in [1.29, 1.82) is 0 Å². The predicted molar refractivity (Wildman–Crippen MR) is 59.2 cm³/mol. The fourth-order valence-corrected chi connectivity index (χ4v) is 1.77. The number of ether oxygens (including phenoxy) is 1. The van der Waals surface area contributed by atoms with Gasteiger partial charge in [-0.25, -0.2) is 9.78 Å². The molecule has 0 spiro atoms. The van der Waals surface area contributed by atoms with Crippen LogP contribution in [0.1, 0.15) is 10.4 Å². The lowest BCUT2D eigenvalue weighted by Gasteiger charge is -2.28. The smallest absolute Gasteiger partial charge is 0.335 e. The third kappa shape index (κ3) is 2.43. The van der Waals surface area contributed by atoms with Crippen molar-refractivity contribution in [2.75, 3.05) is 31.2 Å². The Labute approximate surface area is 97.6 Å². The molecule has 1 aromatic rings. The largest absolute Gasteiger partial charge is 0.478 e. The van der Waals surface area contributed by atoms with Gasteiger partial charge in [0.05, 0.1) is 18.8 Å². The second-order valence-corrected chi connectivity index (χ2v) is 3.83. The first-order valence-corrected chi connectivity index (χ1v) is 5.28. The van der Waals surface area contributed by atoms with Crippen molar-refractivity contribution < 1.29 is 14.6 Å². The van der Waals surface area contributed by atoms with Crippen molar-refractivity contribution in [2.45, 2.75) is 0 Å². The number of carboxylic acid groups (broad SMARTS) is 1. The molecule has 1 fully saturated rings. The zero-order chi connectivity index (χ0) is 11.5. The maximum absolute atomic E-state index is 10.9. The zero-order valence-electron chi connectivity index (χ0n) is 8.52. The molecule has 2 heterocycles. The van der Waals surface area contributed by atoms with Crippen molar-refractivity contribution >= 4 is 23.4 Å². The number of carboxylic acids is 1. The summed E-state index contributed by atoms with van der Waals surface area (Å²) < 4.78 is 5.21. The minimum atomic E-state index is -1.00. The van der Waals surface area contributed by atoms with Crippen LogP contribution in [0.25, 0.3) is 0 Å². The van der Waals surface area contributed by atoms with Crippen LogP contribution in [-0.4, -0.2) is 42.4 Å². The molecule has 0 unspecified atom stereocenters. The monoisotopic (exact) mass is 242 g/mol.